The summed E-state index contributed by atoms with van der Waals surface area (Å²) in [7, 11) is 0. The first-order valence-electron chi connectivity index (χ1n) is 7.36. The van der Waals surface area contributed by atoms with Crippen LogP contribution in [0.4, 0.5) is 0 Å². The molecule has 112 valence electrons. The average molecular weight is 294 g/mol. The molecule has 3 rings (SSSR count). The maximum absolute atomic E-state index is 12.4. The number of nitrogens with zero attached hydrogens (tertiary/aromatic N) is 2. The molecule has 1 N–H and O–H groups in total. The summed E-state index contributed by atoms with van der Waals surface area (Å²) in [6.07, 6.45) is -0.0995. The summed E-state index contributed by atoms with van der Waals surface area (Å²) in [6, 6.07) is 17.1. The monoisotopic (exact) mass is 294 g/mol. The number of hydrogen-bond acceptors (Lipinski definition) is 3. The topological polar surface area (TPSA) is 55.1 Å². The van der Waals surface area contributed by atoms with Gasteiger partial charge in [0.2, 0.25) is 0 Å². The minimum atomic E-state index is -0.583. The Kier molecular flexibility index (Phi) is 4.02. The zero-order valence-electron chi connectivity index (χ0n) is 12.4. The summed E-state index contributed by atoms with van der Waals surface area (Å²) in [5.74, 6) is 0. The molecule has 3 aromatic rings. The maximum atomic E-state index is 12.4. The summed E-state index contributed by atoms with van der Waals surface area (Å²) >= 11 is 0. The molecule has 0 aliphatic rings. The van der Waals surface area contributed by atoms with Crippen LogP contribution >= 0.6 is 0 Å². The van der Waals surface area contributed by atoms with Gasteiger partial charge in [0, 0.05) is 6.54 Å². The molecule has 4 nitrogen and oxygen atoms in total. The highest BCUT2D eigenvalue weighted by Crippen LogP contribution is 2.18. The van der Waals surface area contributed by atoms with Gasteiger partial charge >= 0.3 is 0 Å². The summed E-state index contributed by atoms with van der Waals surface area (Å²) in [5.41, 5.74) is 2.85. The van der Waals surface area contributed by atoms with E-state index in [9.17, 15) is 9.90 Å². The Bertz CT molecular complexity index is 841. The molecule has 0 radical (unpaired) electrons. The molecule has 1 heterocycles. The lowest BCUT2D eigenvalue weighted by molar-refractivity contribution is 0.161. The largest absolute Gasteiger partial charge is 0.388 e. The number of rotatable bonds is 4. The van der Waals surface area contributed by atoms with Crippen LogP contribution in [0.1, 0.15) is 23.8 Å². The number of aryl methyl sites for hydroxylation is 2. The molecule has 0 aliphatic carbocycles. The van der Waals surface area contributed by atoms with Crippen molar-refractivity contribution in [1.29, 1.82) is 0 Å². The first-order valence-corrected chi connectivity index (χ1v) is 7.36. The van der Waals surface area contributed by atoms with E-state index >= 15 is 0 Å². The summed E-state index contributed by atoms with van der Waals surface area (Å²) < 4.78 is 1.70. The Morgan fingerprint density at radius 1 is 1.09 bits per heavy atom. The van der Waals surface area contributed by atoms with Crippen molar-refractivity contribution in [2.75, 3.05) is 0 Å². The standard InChI is InChI=1S/C18H18N2O2/c1-13-18(22)20(16-10-6-5-9-15(16)19-13)12-11-17(21)14-7-3-2-4-8-14/h2-10,17,21H,11-12H2,1H3/t17-/m0/s1. The zero-order chi connectivity index (χ0) is 15.5. The Morgan fingerprint density at radius 2 is 1.77 bits per heavy atom. The Morgan fingerprint density at radius 3 is 2.55 bits per heavy atom. The highest BCUT2D eigenvalue weighted by molar-refractivity contribution is 5.74. The molecular weight excluding hydrogens is 276 g/mol. The first-order chi connectivity index (χ1) is 10.7. The van der Waals surface area contributed by atoms with E-state index in [2.05, 4.69) is 4.98 Å². The van der Waals surface area contributed by atoms with Crippen molar-refractivity contribution in [2.24, 2.45) is 0 Å². The fourth-order valence-corrected chi connectivity index (χ4v) is 2.64. The molecule has 0 fully saturated rings. The second-order valence-electron chi connectivity index (χ2n) is 5.36. The molecule has 0 saturated carbocycles. The molecule has 0 saturated heterocycles. The third-order valence-electron chi connectivity index (χ3n) is 3.83. The molecule has 0 amide bonds. The fourth-order valence-electron chi connectivity index (χ4n) is 2.64. The van der Waals surface area contributed by atoms with Crippen LogP contribution in [-0.4, -0.2) is 14.7 Å². The number of aromatic nitrogens is 2. The van der Waals surface area contributed by atoms with Gasteiger partial charge in [-0.05, 0) is 31.0 Å². The van der Waals surface area contributed by atoms with E-state index in [-0.39, 0.29) is 5.56 Å². The predicted molar refractivity (Wildman–Crippen MR) is 86.8 cm³/mol. The van der Waals surface area contributed by atoms with Crippen LogP contribution in [-0.2, 0) is 6.54 Å². The molecule has 1 aromatic heterocycles. The van der Waals surface area contributed by atoms with Crippen molar-refractivity contribution < 1.29 is 5.11 Å². The number of aliphatic hydroxyl groups is 1. The SMILES string of the molecule is Cc1nc2ccccc2n(CC[C@H](O)c2ccccc2)c1=O. The second kappa shape index (κ2) is 6.12. The second-order valence-corrected chi connectivity index (χ2v) is 5.36. The highest BCUT2D eigenvalue weighted by Gasteiger charge is 2.11. The molecule has 0 spiro atoms. The minimum absolute atomic E-state index is 0.0982. The fraction of sp³-hybridized carbons (Fsp3) is 0.222. The first kappa shape index (κ1) is 14.5. The van der Waals surface area contributed by atoms with Gasteiger partial charge in [-0.25, -0.2) is 4.98 Å². The lowest BCUT2D eigenvalue weighted by atomic mass is 10.1. The zero-order valence-corrected chi connectivity index (χ0v) is 12.4. The lowest BCUT2D eigenvalue weighted by Gasteiger charge is -2.14. The van der Waals surface area contributed by atoms with Crippen LogP contribution in [0.25, 0.3) is 11.0 Å². The molecule has 1 atom stereocenters. The quantitative estimate of drug-likeness (QED) is 0.805. The van der Waals surface area contributed by atoms with E-state index in [1.807, 2.05) is 54.6 Å². The van der Waals surface area contributed by atoms with E-state index in [1.165, 1.54) is 0 Å². The van der Waals surface area contributed by atoms with Crippen molar-refractivity contribution in [3.63, 3.8) is 0 Å². The third-order valence-corrected chi connectivity index (χ3v) is 3.83. The number of para-hydroxylation sites is 2. The van der Waals surface area contributed by atoms with E-state index in [0.29, 0.717) is 18.7 Å². The van der Waals surface area contributed by atoms with E-state index in [0.717, 1.165) is 16.6 Å². The maximum Gasteiger partial charge on any atom is 0.272 e. The van der Waals surface area contributed by atoms with Gasteiger partial charge in [-0.3, -0.25) is 4.79 Å². The van der Waals surface area contributed by atoms with E-state index in [4.69, 9.17) is 0 Å². The molecule has 4 heteroatoms. The van der Waals surface area contributed by atoms with Gasteiger partial charge in [0.1, 0.15) is 5.69 Å². The summed E-state index contributed by atoms with van der Waals surface area (Å²) in [4.78, 5) is 16.7. The molecule has 2 aromatic carbocycles. The summed E-state index contributed by atoms with van der Waals surface area (Å²) in [6.45, 7) is 2.18. The summed E-state index contributed by atoms with van der Waals surface area (Å²) in [5, 5.41) is 10.3. The van der Waals surface area contributed by atoms with Gasteiger partial charge in [0.25, 0.3) is 5.56 Å². The number of aliphatic hydroxyl groups excluding tert-OH is 1. The van der Waals surface area contributed by atoms with Crippen molar-refractivity contribution in [1.82, 2.24) is 9.55 Å². The van der Waals surface area contributed by atoms with Crippen LogP contribution in [0.3, 0.4) is 0 Å². The van der Waals surface area contributed by atoms with Crippen LogP contribution in [0, 0.1) is 6.92 Å². The van der Waals surface area contributed by atoms with Crippen LogP contribution < -0.4 is 5.56 Å². The van der Waals surface area contributed by atoms with Crippen LogP contribution in [0.2, 0.25) is 0 Å². The Labute approximate surface area is 128 Å². The van der Waals surface area contributed by atoms with Crippen molar-refractivity contribution in [2.45, 2.75) is 26.0 Å². The molecule has 0 unspecified atom stereocenters. The molecular formula is C18H18N2O2. The smallest absolute Gasteiger partial charge is 0.272 e. The Hall–Kier alpha value is -2.46. The van der Waals surface area contributed by atoms with Gasteiger partial charge < -0.3 is 9.67 Å². The van der Waals surface area contributed by atoms with Crippen molar-refractivity contribution >= 4 is 11.0 Å². The third kappa shape index (κ3) is 2.78. The van der Waals surface area contributed by atoms with Gasteiger partial charge in [0.15, 0.2) is 0 Å². The van der Waals surface area contributed by atoms with Gasteiger partial charge in [-0.15, -0.1) is 0 Å². The van der Waals surface area contributed by atoms with E-state index in [1.54, 1.807) is 11.5 Å². The number of benzene rings is 2. The molecule has 22 heavy (non-hydrogen) atoms. The average Bonchev–Trinajstić information content (AvgIpc) is 2.56. The normalized spacial score (nSPS) is 12.5. The molecule has 0 bridgehead atoms. The number of fused-ring (bicyclic) bond motifs is 1. The van der Waals surface area contributed by atoms with Gasteiger partial charge in [0.05, 0.1) is 17.1 Å². The lowest BCUT2D eigenvalue weighted by Crippen LogP contribution is -2.25. The van der Waals surface area contributed by atoms with Crippen LogP contribution in [0.5, 0.6) is 0 Å². The van der Waals surface area contributed by atoms with Gasteiger partial charge in [-0.1, -0.05) is 42.5 Å². The van der Waals surface area contributed by atoms with Crippen molar-refractivity contribution in [3.05, 3.63) is 76.2 Å². The van der Waals surface area contributed by atoms with Crippen LogP contribution in [0.15, 0.2) is 59.4 Å². The predicted octanol–water partition coefficient (Wildman–Crippen LogP) is 2.83. The minimum Gasteiger partial charge on any atom is -0.388 e. The number of hydrogen-bond donors (Lipinski definition) is 1. The molecule has 0 aliphatic heterocycles. The highest BCUT2D eigenvalue weighted by atomic mass is 16.3. The van der Waals surface area contributed by atoms with E-state index < -0.39 is 6.10 Å². The van der Waals surface area contributed by atoms with Crippen molar-refractivity contribution in [3.8, 4) is 0 Å². The Balaban J connectivity index is 1.91. The van der Waals surface area contributed by atoms with Gasteiger partial charge in [-0.2, -0.15) is 0 Å².